The Morgan fingerprint density at radius 2 is 1.91 bits per heavy atom. The molecule has 2 aromatic carbocycles. The van der Waals surface area contributed by atoms with Gasteiger partial charge >= 0.3 is 6.18 Å². The van der Waals surface area contributed by atoms with E-state index in [4.69, 9.17) is 5.41 Å². The lowest BCUT2D eigenvalue weighted by Crippen LogP contribution is -2.50. The van der Waals surface area contributed by atoms with Gasteiger partial charge in [0, 0.05) is 54.4 Å². The van der Waals surface area contributed by atoms with Crippen LogP contribution >= 0.6 is 0 Å². The standard InChI is InChI=1S/C35H40F3N7O/c1-23-9-11-27(34(46)43-30-8-6-7-28(20-30)35(36,37)38)19-26(23)12-10-25(3)45-18-13-24(2)32(33(45)40-4)42-31(21-39)22-41-29-14-16-44(5)17-15-29/h6-9,11,13,18-22,24,29,32,39,41-42H,3,14-17H2,1-2,4-5H3,(H,43,46)/b31-22+,39-21?,40-33-. The summed E-state index contributed by atoms with van der Waals surface area (Å²) < 4.78 is 39.3. The number of aliphatic imine (C=N–C) groups is 1. The first-order valence-corrected chi connectivity index (χ1v) is 15.1. The molecule has 2 unspecified atom stereocenters. The first-order chi connectivity index (χ1) is 21.9. The molecule has 0 saturated carbocycles. The van der Waals surface area contributed by atoms with Crippen LogP contribution < -0.4 is 16.0 Å². The second kappa shape index (κ2) is 15.0. The third-order valence-corrected chi connectivity index (χ3v) is 8.07. The van der Waals surface area contributed by atoms with Crippen LogP contribution in [0.5, 0.6) is 0 Å². The van der Waals surface area contributed by atoms with Crippen molar-refractivity contribution in [1.82, 2.24) is 20.4 Å². The fourth-order valence-electron chi connectivity index (χ4n) is 5.23. The smallest absolute Gasteiger partial charge is 0.386 e. The number of alkyl halides is 3. The van der Waals surface area contributed by atoms with Crippen molar-refractivity contribution in [3.05, 3.63) is 101 Å². The first-order valence-electron chi connectivity index (χ1n) is 15.1. The summed E-state index contributed by atoms with van der Waals surface area (Å²) in [5.41, 5.74) is 1.94. The average molecular weight is 632 g/mol. The highest BCUT2D eigenvalue weighted by atomic mass is 19.4. The van der Waals surface area contributed by atoms with Gasteiger partial charge in [-0.1, -0.05) is 37.6 Å². The Morgan fingerprint density at radius 3 is 2.59 bits per heavy atom. The molecular weight excluding hydrogens is 591 g/mol. The van der Waals surface area contributed by atoms with Crippen molar-refractivity contribution in [3.8, 4) is 11.8 Å². The molecule has 0 aliphatic carbocycles. The minimum atomic E-state index is -4.52. The van der Waals surface area contributed by atoms with Crippen LogP contribution in [0.25, 0.3) is 0 Å². The summed E-state index contributed by atoms with van der Waals surface area (Å²) in [6.45, 7) is 10.2. The van der Waals surface area contributed by atoms with E-state index in [0.29, 0.717) is 28.8 Å². The van der Waals surface area contributed by atoms with Crippen molar-refractivity contribution in [2.75, 3.05) is 32.5 Å². The van der Waals surface area contributed by atoms with E-state index in [-0.39, 0.29) is 23.2 Å². The number of amidine groups is 1. The number of amides is 1. The molecule has 8 nitrogen and oxygen atoms in total. The van der Waals surface area contributed by atoms with Gasteiger partial charge in [0.15, 0.2) is 0 Å². The van der Waals surface area contributed by atoms with Gasteiger partial charge in [0.25, 0.3) is 5.91 Å². The molecule has 1 saturated heterocycles. The molecule has 2 aromatic rings. The maximum atomic E-state index is 13.1. The number of piperidine rings is 1. The predicted molar refractivity (Wildman–Crippen MR) is 178 cm³/mol. The van der Waals surface area contributed by atoms with Gasteiger partial charge in [-0.15, -0.1) is 0 Å². The zero-order valence-corrected chi connectivity index (χ0v) is 26.5. The summed E-state index contributed by atoms with van der Waals surface area (Å²) in [6.07, 6.45) is 4.61. The van der Waals surface area contributed by atoms with Crippen molar-refractivity contribution < 1.29 is 18.0 Å². The second-order valence-corrected chi connectivity index (χ2v) is 11.5. The van der Waals surface area contributed by atoms with Crippen LogP contribution in [0.2, 0.25) is 0 Å². The highest BCUT2D eigenvalue weighted by molar-refractivity contribution is 6.04. The number of nitrogens with one attached hydrogen (secondary N) is 4. The van der Waals surface area contributed by atoms with Crippen molar-refractivity contribution in [2.45, 2.75) is 44.9 Å². The number of anilines is 1. The molecule has 2 aliphatic heterocycles. The maximum absolute atomic E-state index is 13.1. The van der Waals surface area contributed by atoms with Crippen molar-refractivity contribution >= 4 is 23.6 Å². The molecule has 2 atom stereocenters. The molecule has 2 heterocycles. The van der Waals surface area contributed by atoms with E-state index in [2.05, 4.69) is 58.2 Å². The van der Waals surface area contributed by atoms with E-state index in [9.17, 15) is 18.0 Å². The summed E-state index contributed by atoms with van der Waals surface area (Å²) in [5, 5.41) is 17.4. The Kier molecular flexibility index (Phi) is 11.1. The molecule has 0 spiro atoms. The number of carbonyl (C=O) groups is 1. The van der Waals surface area contributed by atoms with Gasteiger partial charge in [-0.05, 0) is 81.7 Å². The van der Waals surface area contributed by atoms with E-state index in [1.165, 1.54) is 18.3 Å². The van der Waals surface area contributed by atoms with E-state index in [0.717, 1.165) is 43.6 Å². The molecule has 11 heteroatoms. The first kappa shape index (κ1) is 34.1. The van der Waals surface area contributed by atoms with Crippen molar-refractivity contribution in [1.29, 1.82) is 5.41 Å². The fraction of sp³-hybridized carbons (Fsp3) is 0.343. The lowest BCUT2D eigenvalue weighted by atomic mass is 9.96. The lowest BCUT2D eigenvalue weighted by Gasteiger charge is -2.36. The van der Waals surface area contributed by atoms with Crippen LogP contribution in [-0.2, 0) is 6.18 Å². The van der Waals surface area contributed by atoms with Crippen LogP contribution in [0.3, 0.4) is 0 Å². The van der Waals surface area contributed by atoms with Gasteiger partial charge in [0.2, 0.25) is 0 Å². The average Bonchev–Trinajstić information content (AvgIpc) is 3.03. The topological polar surface area (TPSA) is 95.8 Å². The number of hydrogen-bond donors (Lipinski definition) is 4. The van der Waals surface area contributed by atoms with Gasteiger partial charge in [-0.3, -0.25) is 14.7 Å². The number of aryl methyl sites for hydroxylation is 1. The van der Waals surface area contributed by atoms with E-state index >= 15 is 0 Å². The molecule has 242 valence electrons. The van der Waals surface area contributed by atoms with Gasteiger partial charge in [-0.25, -0.2) is 0 Å². The quantitative estimate of drug-likeness (QED) is 0.220. The van der Waals surface area contributed by atoms with Crippen molar-refractivity contribution in [3.63, 3.8) is 0 Å². The van der Waals surface area contributed by atoms with Crippen LogP contribution in [-0.4, -0.2) is 67.0 Å². The molecule has 2 aliphatic rings. The predicted octanol–water partition coefficient (Wildman–Crippen LogP) is 5.76. The Bertz CT molecular complexity index is 1610. The number of allylic oxidation sites excluding steroid dienone is 2. The van der Waals surface area contributed by atoms with Crippen molar-refractivity contribution in [2.24, 2.45) is 10.9 Å². The second-order valence-electron chi connectivity index (χ2n) is 11.5. The molecular formula is C35H40F3N7O. The number of benzene rings is 2. The lowest BCUT2D eigenvalue weighted by molar-refractivity contribution is -0.137. The monoisotopic (exact) mass is 631 g/mol. The molecule has 0 bridgehead atoms. The van der Waals surface area contributed by atoms with Crippen LogP contribution in [0.4, 0.5) is 18.9 Å². The molecule has 46 heavy (non-hydrogen) atoms. The number of rotatable bonds is 8. The zero-order chi connectivity index (χ0) is 33.4. The minimum Gasteiger partial charge on any atom is -0.386 e. The van der Waals surface area contributed by atoms with Crippen LogP contribution in [0, 0.1) is 30.1 Å². The summed E-state index contributed by atoms with van der Waals surface area (Å²) >= 11 is 0. The van der Waals surface area contributed by atoms with Gasteiger partial charge in [0.05, 0.1) is 23.0 Å². The number of nitrogens with zero attached hydrogens (tertiary/aromatic N) is 3. The van der Waals surface area contributed by atoms with Gasteiger partial charge in [-0.2, -0.15) is 13.2 Å². The van der Waals surface area contributed by atoms with Gasteiger partial charge < -0.3 is 26.3 Å². The van der Waals surface area contributed by atoms with Crippen LogP contribution in [0.15, 0.2) is 83.9 Å². The zero-order valence-electron chi connectivity index (χ0n) is 26.5. The normalized spacial score (nSPS) is 20.1. The summed E-state index contributed by atoms with van der Waals surface area (Å²) in [7, 11) is 3.82. The van der Waals surface area contributed by atoms with Crippen LogP contribution in [0.1, 0.15) is 46.8 Å². The SMILES string of the molecule is C=C(C#Cc1cc(C(=O)Nc2cccc(C(F)(F)F)c2)ccc1C)N1C=CC(C)C(N/C(C=N)=C/NC2CCN(C)CC2)/C1=N/C. The molecule has 4 N–H and O–H groups in total. The Hall–Kier alpha value is -4.82. The summed E-state index contributed by atoms with van der Waals surface area (Å²) in [4.78, 5) is 21.6. The number of hydrogen-bond acceptors (Lipinski definition) is 6. The molecule has 1 fully saturated rings. The number of likely N-dealkylation sites (tertiary alicyclic amines) is 1. The highest BCUT2D eigenvalue weighted by Crippen LogP contribution is 2.31. The van der Waals surface area contributed by atoms with E-state index < -0.39 is 17.6 Å². The van der Waals surface area contributed by atoms with E-state index in [1.54, 1.807) is 30.1 Å². The fourth-order valence-corrected chi connectivity index (χ4v) is 5.23. The third kappa shape index (κ3) is 8.67. The molecule has 4 rings (SSSR count). The minimum absolute atomic E-state index is 0.0423. The number of halogens is 3. The molecule has 0 aromatic heterocycles. The van der Waals surface area contributed by atoms with Gasteiger partial charge in [0.1, 0.15) is 5.84 Å². The molecule has 0 radical (unpaired) electrons. The Balaban J connectivity index is 1.47. The number of carbonyl (C=O) groups excluding carboxylic acids is 1. The Morgan fingerprint density at radius 1 is 1.17 bits per heavy atom. The molecule has 1 amide bonds. The summed E-state index contributed by atoms with van der Waals surface area (Å²) in [6, 6.07) is 9.54. The largest absolute Gasteiger partial charge is 0.416 e. The highest BCUT2D eigenvalue weighted by Gasteiger charge is 2.31. The maximum Gasteiger partial charge on any atom is 0.416 e. The third-order valence-electron chi connectivity index (χ3n) is 8.07. The summed E-state index contributed by atoms with van der Waals surface area (Å²) in [5.74, 6) is 6.37. The Labute approximate surface area is 268 Å². The van der Waals surface area contributed by atoms with E-state index in [1.807, 2.05) is 25.4 Å².